The maximum atomic E-state index is 14.0. The molecule has 1 aromatic heterocycles. The molecule has 128 valence electrons. The molecule has 0 fully saturated rings. The number of benzene rings is 2. The van der Waals surface area contributed by atoms with Gasteiger partial charge in [-0.15, -0.1) is 0 Å². The summed E-state index contributed by atoms with van der Waals surface area (Å²) in [4.78, 5) is 4.18. The third-order valence-electron chi connectivity index (χ3n) is 3.94. The molecule has 3 rings (SSSR count). The van der Waals surface area contributed by atoms with E-state index in [2.05, 4.69) is 4.98 Å². The standard InChI is InChI=1S/C20H16F3NO/c1-20(22,23)18-8-5-14(10-19(18)21)16-9-15(11-24-12-16)13-3-6-17(25-2)7-4-13/h3-12H,1-2H3. The third-order valence-corrected chi connectivity index (χ3v) is 3.94. The van der Waals surface area contributed by atoms with Crippen LogP contribution in [-0.2, 0) is 5.92 Å². The van der Waals surface area contributed by atoms with Crippen LogP contribution in [0.5, 0.6) is 5.75 Å². The van der Waals surface area contributed by atoms with Crippen LogP contribution in [0.25, 0.3) is 22.3 Å². The molecule has 0 aliphatic heterocycles. The lowest BCUT2D eigenvalue weighted by molar-refractivity contribution is 0.0138. The molecule has 0 spiro atoms. The van der Waals surface area contributed by atoms with Gasteiger partial charge in [0, 0.05) is 30.4 Å². The van der Waals surface area contributed by atoms with E-state index in [0.717, 1.165) is 29.0 Å². The van der Waals surface area contributed by atoms with Crippen molar-refractivity contribution in [1.82, 2.24) is 4.98 Å². The topological polar surface area (TPSA) is 22.1 Å². The predicted molar refractivity (Wildman–Crippen MR) is 91.2 cm³/mol. The van der Waals surface area contributed by atoms with Crippen LogP contribution in [0.4, 0.5) is 13.2 Å². The van der Waals surface area contributed by atoms with Gasteiger partial charge in [0.05, 0.1) is 12.7 Å². The van der Waals surface area contributed by atoms with Crippen LogP contribution < -0.4 is 4.74 Å². The zero-order valence-electron chi connectivity index (χ0n) is 13.8. The molecule has 0 saturated heterocycles. The Balaban J connectivity index is 1.97. The molecule has 0 atom stereocenters. The van der Waals surface area contributed by atoms with Gasteiger partial charge in [-0.1, -0.05) is 18.2 Å². The second kappa shape index (κ2) is 6.59. The maximum absolute atomic E-state index is 14.0. The summed E-state index contributed by atoms with van der Waals surface area (Å²) in [6.45, 7) is 0.678. The Morgan fingerprint density at radius 1 is 0.840 bits per heavy atom. The summed E-state index contributed by atoms with van der Waals surface area (Å²) in [5.41, 5.74) is 2.29. The van der Waals surface area contributed by atoms with Crippen molar-refractivity contribution in [2.75, 3.05) is 7.11 Å². The first-order valence-corrected chi connectivity index (χ1v) is 7.66. The van der Waals surface area contributed by atoms with Crippen LogP contribution in [0.3, 0.4) is 0 Å². The van der Waals surface area contributed by atoms with Crippen molar-refractivity contribution in [3.63, 3.8) is 0 Å². The molecule has 0 aliphatic carbocycles. The van der Waals surface area contributed by atoms with Gasteiger partial charge in [-0.25, -0.2) is 13.2 Å². The Morgan fingerprint density at radius 3 is 2.00 bits per heavy atom. The zero-order valence-corrected chi connectivity index (χ0v) is 13.8. The minimum absolute atomic E-state index is 0.494. The van der Waals surface area contributed by atoms with E-state index >= 15 is 0 Å². The summed E-state index contributed by atoms with van der Waals surface area (Å²) in [7, 11) is 1.59. The molecular weight excluding hydrogens is 327 g/mol. The minimum atomic E-state index is -3.22. The molecule has 1 heterocycles. The number of methoxy groups -OCH3 is 1. The second-order valence-corrected chi connectivity index (χ2v) is 5.77. The number of hydrogen-bond donors (Lipinski definition) is 0. The highest BCUT2D eigenvalue weighted by Crippen LogP contribution is 2.32. The van der Waals surface area contributed by atoms with E-state index in [4.69, 9.17) is 4.74 Å². The van der Waals surface area contributed by atoms with Crippen molar-refractivity contribution >= 4 is 0 Å². The van der Waals surface area contributed by atoms with Crippen molar-refractivity contribution < 1.29 is 17.9 Å². The fourth-order valence-electron chi connectivity index (χ4n) is 2.59. The van der Waals surface area contributed by atoms with Crippen LogP contribution in [0.15, 0.2) is 60.9 Å². The van der Waals surface area contributed by atoms with Crippen LogP contribution in [0.1, 0.15) is 12.5 Å². The summed E-state index contributed by atoms with van der Waals surface area (Å²) in [6, 6.07) is 13.0. The number of nitrogens with zero attached hydrogens (tertiary/aromatic N) is 1. The molecule has 0 radical (unpaired) electrons. The van der Waals surface area contributed by atoms with E-state index in [9.17, 15) is 13.2 Å². The number of pyridine rings is 1. The molecular formula is C20H16F3NO. The van der Waals surface area contributed by atoms with Crippen LogP contribution >= 0.6 is 0 Å². The second-order valence-electron chi connectivity index (χ2n) is 5.77. The van der Waals surface area contributed by atoms with Crippen molar-refractivity contribution in [3.05, 3.63) is 72.3 Å². The summed E-state index contributed by atoms with van der Waals surface area (Å²) in [5, 5.41) is 0. The van der Waals surface area contributed by atoms with Gasteiger partial charge in [-0.2, -0.15) is 0 Å². The average Bonchev–Trinajstić information content (AvgIpc) is 2.61. The largest absolute Gasteiger partial charge is 0.497 e. The Bertz CT molecular complexity index is 886. The van der Waals surface area contributed by atoms with Gasteiger partial charge in [0.1, 0.15) is 11.6 Å². The molecule has 0 aliphatic rings. The number of ether oxygens (including phenoxy) is 1. The van der Waals surface area contributed by atoms with E-state index in [1.165, 1.54) is 6.07 Å². The fourth-order valence-corrected chi connectivity index (χ4v) is 2.59. The van der Waals surface area contributed by atoms with Gasteiger partial charge in [0.25, 0.3) is 5.92 Å². The van der Waals surface area contributed by atoms with Crippen molar-refractivity contribution in [2.45, 2.75) is 12.8 Å². The highest BCUT2D eigenvalue weighted by molar-refractivity contribution is 5.72. The Labute approximate surface area is 143 Å². The van der Waals surface area contributed by atoms with Crippen LogP contribution in [-0.4, -0.2) is 12.1 Å². The quantitative estimate of drug-likeness (QED) is 0.608. The van der Waals surface area contributed by atoms with E-state index < -0.39 is 17.3 Å². The number of alkyl halides is 2. The van der Waals surface area contributed by atoms with Crippen molar-refractivity contribution in [2.24, 2.45) is 0 Å². The van der Waals surface area contributed by atoms with E-state index in [-0.39, 0.29) is 0 Å². The highest BCUT2D eigenvalue weighted by Gasteiger charge is 2.28. The Kier molecular flexibility index (Phi) is 4.49. The first-order chi connectivity index (χ1) is 11.9. The molecule has 0 bridgehead atoms. The predicted octanol–water partition coefficient (Wildman–Crippen LogP) is 5.68. The number of hydrogen-bond acceptors (Lipinski definition) is 2. The van der Waals surface area contributed by atoms with Gasteiger partial charge in [-0.05, 0) is 41.5 Å². The monoisotopic (exact) mass is 343 g/mol. The number of halogens is 3. The summed E-state index contributed by atoms with van der Waals surface area (Å²) in [6.07, 6.45) is 3.27. The minimum Gasteiger partial charge on any atom is -0.497 e. The van der Waals surface area contributed by atoms with Gasteiger partial charge in [0.15, 0.2) is 0 Å². The van der Waals surface area contributed by atoms with Gasteiger partial charge in [-0.3, -0.25) is 4.98 Å². The number of rotatable bonds is 4. The van der Waals surface area contributed by atoms with E-state index in [1.807, 2.05) is 30.3 Å². The summed E-state index contributed by atoms with van der Waals surface area (Å²) in [5.74, 6) is -3.41. The molecule has 2 nitrogen and oxygen atoms in total. The van der Waals surface area contributed by atoms with Gasteiger partial charge in [0.2, 0.25) is 0 Å². The third kappa shape index (κ3) is 3.65. The Morgan fingerprint density at radius 2 is 1.44 bits per heavy atom. The lowest BCUT2D eigenvalue weighted by atomic mass is 9.99. The maximum Gasteiger partial charge on any atom is 0.273 e. The summed E-state index contributed by atoms with van der Waals surface area (Å²) < 4.78 is 45.8. The molecule has 0 unspecified atom stereocenters. The average molecular weight is 343 g/mol. The molecule has 5 heteroatoms. The lowest BCUT2D eigenvalue weighted by Gasteiger charge is -2.13. The molecule has 2 aromatic carbocycles. The van der Waals surface area contributed by atoms with Crippen molar-refractivity contribution in [1.29, 1.82) is 0 Å². The molecule has 0 saturated carbocycles. The van der Waals surface area contributed by atoms with E-state index in [0.29, 0.717) is 18.1 Å². The first-order valence-electron chi connectivity index (χ1n) is 7.66. The van der Waals surface area contributed by atoms with Crippen LogP contribution in [0, 0.1) is 5.82 Å². The smallest absolute Gasteiger partial charge is 0.273 e. The molecule has 3 aromatic rings. The first kappa shape index (κ1) is 17.0. The van der Waals surface area contributed by atoms with E-state index in [1.54, 1.807) is 19.5 Å². The lowest BCUT2D eigenvalue weighted by Crippen LogP contribution is -2.09. The Hall–Kier alpha value is -2.82. The van der Waals surface area contributed by atoms with Gasteiger partial charge >= 0.3 is 0 Å². The molecule has 0 amide bonds. The molecule has 25 heavy (non-hydrogen) atoms. The normalized spacial score (nSPS) is 11.4. The highest BCUT2D eigenvalue weighted by atomic mass is 19.3. The zero-order chi connectivity index (χ0) is 18.0. The molecule has 0 N–H and O–H groups in total. The SMILES string of the molecule is COc1ccc(-c2cncc(-c3ccc(C(C)(F)F)c(F)c3)c2)cc1. The van der Waals surface area contributed by atoms with Crippen molar-refractivity contribution in [3.8, 4) is 28.0 Å². The number of aromatic nitrogens is 1. The fraction of sp³-hybridized carbons (Fsp3) is 0.150. The van der Waals surface area contributed by atoms with Gasteiger partial charge < -0.3 is 4.74 Å². The van der Waals surface area contributed by atoms with Crippen LogP contribution in [0.2, 0.25) is 0 Å². The summed E-state index contributed by atoms with van der Waals surface area (Å²) >= 11 is 0.